The number of piperidine rings is 1. The molecule has 6 heteroatoms. The Hall–Kier alpha value is -2.08. The van der Waals surface area contributed by atoms with Gasteiger partial charge in [0.05, 0.1) is 6.54 Å². The number of hydrogen-bond donors (Lipinski definition) is 2. The van der Waals surface area contributed by atoms with Crippen molar-refractivity contribution in [1.82, 2.24) is 15.5 Å². The van der Waals surface area contributed by atoms with Crippen LogP contribution in [0.1, 0.15) is 12.8 Å². The van der Waals surface area contributed by atoms with Crippen LogP contribution in [0.25, 0.3) is 0 Å². The summed E-state index contributed by atoms with van der Waals surface area (Å²) in [5.74, 6) is 0.308. The van der Waals surface area contributed by atoms with Crippen LogP contribution in [-0.4, -0.2) is 56.0 Å². The number of nitrogens with zero attached hydrogens (tertiary/aromatic N) is 1. The van der Waals surface area contributed by atoms with Crippen LogP contribution in [-0.2, 0) is 9.59 Å². The molecule has 2 amide bonds. The summed E-state index contributed by atoms with van der Waals surface area (Å²) in [6.45, 7) is 1.42. The maximum atomic E-state index is 12.0. The van der Waals surface area contributed by atoms with E-state index in [1.165, 1.54) is 0 Å². The Morgan fingerprint density at radius 1 is 1.23 bits per heavy atom. The molecule has 1 aromatic rings. The van der Waals surface area contributed by atoms with E-state index < -0.39 is 0 Å². The molecule has 0 saturated carbocycles. The van der Waals surface area contributed by atoms with E-state index in [-0.39, 0.29) is 25.0 Å². The van der Waals surface area contributed by atoms with Gasteiger partial charge in [0.15, 0.2) is 6.61 Å². The molecule has 120 valence electrons. The highest BCUT2D eigenvalue weighted by Crippen LogP contribution is 2.10. The highest BCUT2D eigenvalue weighted by molar-refractivity contribution is 5.85. The Labute approximate surface area is 130 Å². The SMILES string of the molecule is CNC1CCN(C(=O)CNC(=O)COc2ccccc2)CC1. The lowest BCUT2D eigenvalue weighted by Crippen LogP contribution is -2.47. The summed E-state index contributed by atoms with van der Waals surface area (Å²) in [5.41, 5.74) is 0. The predicted molar refractivity (Wildman–Crippen MR) is 83.6 cm³/mol. The third-order valence-corrected chi connectivity index (χ3v) is 3.81. The third-order valence-electron chi connectivity index (χ3n) is 3.81. The summed E-state index contributed by atoms with van der Waals surface area (Å²) >= 11 is 0. The molecule has 0 radical (unpaired) electrons. The van der Waals surface area contributed by atoms with Gasteiger partial charge in [-0.2, -0.15) is 0 Å². The zero-order valence-corrected chi connectivity index (χ0v) is 12.9. The topological polar surface area (TPSA) is 70.7 Å². The molecule has 1 saturated heterocycles. The molecule has 1 aliphatic rings. The van der Waals surface area contributed by atoms with Gasteiger partial charge >= 0.3 is 0 Å². The number of benzene rings is 1. The van der Waals surface area contributed by atoms with Crippen molar-refractivity contribution in [3.63, 3.8) is 0 Å². The highest BCUT2D eigenvalue weighted by atomic mass is 16.5. The van der Waals surface area contributed by atoms with Gasteiger partial charge in [0, 0.05) is 19.1 Å². The van der Waals surface area contributed by atoms with E-state index >= 15 is 0 Å². The fourth-order valence-electron chi connectivity index (χ4n) is 2.42. The summed E-state index contributed by atoms with van der Waals surface area (Å²) in [6.07, 6.45) is 1.90. The molecule has 0 atom stereocenters. The van der Waals surface area contributed by atoms with Gasteiger partial charge in [0.1, 0.15) is 5.75 Å². The number of ether oxygens (including phenoxy) is 1. The lowest BCUT2D eigenvalue weighted by Gasteiger charge is -2.31. The lowest BCUT2D eigenvalue weighted by molar-refractivity contribution is -0.134. The van der Waals surface area contributed by atoms with Crippen LogP contribution in [0.3, 0.4) is 0 Å². The fourth-order valence-corrected chi connectivity index (χ4v) is 2.42. The van der Waals surface area contributed by atoms with Crippen molar-refractivity contribution in [3.8, 4) is 5.75 Å². The van der Waals surface area contributed by atoms with Gasteiger partial charge in [-0.3, -0.25) is 9.59 Å². The molecule has 6 nitrogen and oxygen atoms in total. The van der Waals surface area contributed by atoms with E-state index in [4.69, 9.17) is 4.74 Å². The molecule has 0 spiro atoms. The first-order chi connectivity index (χ1) is 10.7. The van der Waals surface area contributed by atoms with Crippen LogP contribution in [0.15, 0.2) is 30.3 Å². The summed E-state index contributed by atoms with van der Waals surface area (Å²) in [4.78, 5) is 25.5. The van der Waals surface area contributed by atoms with Gasteiger partial charge in [-0.1, -0.05) is 18.2 Å². The average Bonchev–Trinajstić information content (AvgIpc) is 2.58. The Morgan fingerprint density at radius 3 is 2.55 bits per heavy atom. The number of para-hydroxylation sites is 1. The van der Waals surface area contributed by atoms with Crippen LogP contribution < -0.4 is 15.4 Å². The molecule has 1 aromatic carbocycles. The standard InChI is InChI=1S/C16H23N3O3/c1-17-13-7-9-19(10-8-13)16(21)11-18-15(20)12-22-14-5-3-2-4-6-14/h2-6,13,17H,7-12H2,1H3,(H,18,20). The van der Waals surface area contributed by atoms with Crippen LogP contribution in [0.2, 0.25) is 0 Å². The Bertz CT molecular complexity index is 485. The molecule has 1 heterocycles. The lowest BCUT2D eigenvalue weighted by atomic mass is 10.1. The first kappa shape index (κ1) is 16.3. The molecule has 0 unspecified atom stereocenters. The van der Waals surface area contributed by atoms with Crippen molar-refractivity contribution < 1.29 is 14.3 Å². The zero-order chi connectivity index (χ0) is 15.8. The van der Waals surface area contributed by atoms with E-state index in [0.29, 0.717) is 11.8 Å². The van der Waals surface area contributed by atoms with Gasteiger partial charge in [0.2, 0.25) is 5.91 Å². The van der Waals surface area contributed by atoms with Crippen LogP contribution in [0.5, 0.6) is 5.75 Å². The maximum Gasteiger partial charge on any atom is 0.258 e. The first-order valence-corrected chi connectivity index (χ1v) is 7.58. The quantitative estimate of drug-likeness (QED) is 0.798. The number of nitrogens with one attached hydrogen (secondary N) is 2. The summed E-state index contributed by atoms with van der Waals surface area (Å²) in [7, 11) is 1.94. The number of hydrogen-bond acceptors (Lipinski definition) is 4. The molecule has 22 heavy (non-hydrogen) atoms. The van der Waals surface area contributed by atoms with Crippen molar-refractivity contribution in [2.45, 2.75) is 18.9 Å². The first-order valence-electron chi connectivity index (χ1n) is 7.58. The molecule has 2 N–H and O–H groups in total. The summed E-state index contributed by atoms with van der Waals surface area (Å²) in [5, 5.41) is 5.83. The van der Waals surface area contributed by atoms with E-state index in [9.17, 15) is 9.59 Å². The largest absolute Gasteiger partial charge is 0.484 e. The predicted octanol–water partition coefficient (Wildman–Crippen LogP) is 0.392. The number of amides is 2. The van der Waals surface area contributed by atoms with Crippen LogP contribution in [0.4, 0.5) is 0 Å². The number of carbonyl (C=O) groups excluding carboxylic acids is 2. The monoisotopic (exact) mass is 305 g/mol. The molecule has 1 fully saturated rings. The smallest absolute Gasteiger partial charge is 0.258 e. The number of carbonyl (C=O) groups is 2. The Kier molecular flexibility index (Phi) is 6.21. The molecule has 2 rings (SSSR count). The summed E-state index contributed by atoms with van der Waals surface area (Å²) < 4.78 is 5.33. The van der Waals surface area contributed by atoms with Gasteiger partial charge < -0.3 is 20.3 Å². The second kappa shape index (κ2) is 8.38. The van der Waals surface area contributed by atoms with Crippen molar-refractivity contribution in [3.05, 3.63) is 30.3 Å². The van der Waals surface area contributed by atoms with Gasteiger partial charge in [0.25, 0.3) is 5.91 Å². The van der Waals surface area contributed by atoms with Gasteiger partial charge in [-0.25, -0.2) is 0 Å². The molecule has 0 bridgehead atoms. The average molecular weight is 305 g/mol. The fraction of sp³-hybridized carbons (Fsp3) is 0.500. The Balaban J connectivity index is 1.64. The Morgan fingerprint density at radius 2 is 1.91 bits per heavy atom. The van der Waals surface area contributed by atoms with Crippen molar-refractivity contribution in [2.24, 2.45) is 0 Å². The normalized spacial score (nSPS) is 15.4. The van der Waals surface area contributed by atoms with Crippen molar-refractivity contribution >= 4 is 11.8 Å². The number of rotatable bonds is 6. The molecular weight excluding hydrogens is 282 g/mol. The van der Waals surface area contributed by atoms with Crippen molar-refractivity contribution in [2.75, 3.05) is 33.3 Å². The van der Waals surface area contributed by atoms with E-state index in [1.54, 1.807) is 17.0 Å². The van der Waals surface area contributed by atoms with E-state index in [1.807, 2.05) is 25.2 Å². The minimum atomic E-state index is -0.290. The van der Waals surface area contributed by atoms with Gasteiger partial charge in [-0.15, -0.1) is 0 Å². The van der Waals surface area contributed by atoms with Gasteiger partial charge in [-0.05, 0) is 32.0 Å². The van der Waals surface area contributed by atoms with E-state index in [2.05, 4.69) is 10.6 Å². The second-order valence-electron chi connectivity index (χ2n) is 5.32. The zero-order valence-electron chi connectivity index (χ0n) is 12.9. The summed E-state index contributed by atoms with van der Waals surface area (Å²) in [6, 6.07) is 9.60. The molecule has 0 aliphatic carbocycles. The molecular formula is C16H23N3O3. The van der Waals surface area contributed by atoms with Crippen LogP contribution >= 0.6 is 0 Å². The van der Waals surface area contributed by atoms with Crippen molar-refractivity contribution in [1.29, 1.82) is 0 Å². The molecule has 0 aromatic heterocycles. The molecule has 1 aliphatic heterocycles. The second-order valence-corrected chi connectivity index (χ2v) is 5.32. The minimum absolute atomic E-state index is 0.0290. The van der Waals surface area contributed by atoms with E-state index in [0.717, 1.165) is 25.9 Å². The maximum absolute atomic E-state index is 12.0. The van der Waals surface area contributed by atoms with Crippen LogP contribution in [0, 0.1) is 0 Å². The highest BCUT2D eigenvalue weighted by Gasteiger charge is 2.21. The third kappa shape index (κ3) is 5.04. The minimum Gasteiger partial charge on any atom is -0.484 e. The number of likely N-dealkylation sites (tertiary alicyclic amines) is 1.